The highest BCUT2D eigenvalue weighted by atomic mass is 127. The van der Waals surface area contributed by atoms with Crippen molar-refractivity contribution in [3.63, 3.8) is 0 Å². The molecule has 0 aliphatic carbocycles. The van der Waals surface area contributed by atoms with Gasteiger partial charge in [-0.15, -0.1) is 0 Å². The van der Waals surface area contributed by atoms with Gasteiger partial charge < -0.3 is 4.74 Å². The van der Waals surface area contributed by atoms with E-state index in [4.69, 9.17) is 4.74 Å². The summed E-state index contributed by atoms with van der Waals surface area (Å²) in [6, 6.07) is 5.66. The van der Waals surface area contributed by atoms with E-state index in [1.54, 1.807) is 6.07 Å². The first-order chi connectivity index (χ1) is 6.02. The Kier molecular flexibility index (Phi) is 2.78. The number of benzene rings is 1. The largest absolute Gasteiger partial charge is 0.431 e. The predicted octanol–water partition coefficient (Wildman–Crippen LogP) is 3.44. The Bertz CT molecular complexity index is 387. The van der Waals surface area contributed by atoms with Crippen molar-refractivity contribution in [3.8, 4) is 0 Å². The molecular formula is C8H3I3O2. The van der Waals surface area contributed by atoms with Crippen LogP contribution in [0.15, 0.2) is 18.2 Å². The Hall–Kier alpha value is 0.880. The minimum absolute atomic E-state index is 0.225. The van der Waals surface area contributed by atoms with E-state index >= 15 is 0 Å². The maximum atomic E-state index is 11.4. The van der Waals surface area contributed by atoms with Crippen LogP contribution in [0.4, 0.5) is 0 Å². The fraction of sp³-hybridized carbons (Fsp3) is 0.125. The Morgan fingerprint density at radius 2 is 2.00 bits per heavy atom. The zero-order valence-corrected chi connectivity index (χ0v) is 12.7. The second-order valence-electron chi connectivity index (χ2n) is 2.57. The highest BCUT2D eigenvalue weighted by Gasteiger charge is 2.42. The van der Waals surface area contributed by atoms with Gasteiger partial charge in [-0.2, -0.15) is 0 Å². The van der Waals surface area contributed by atoms with E-state index in [0.29, 0.717) is 5.56 Å². The van der Waals surface area contributed by atoms with Crippen molar-refractivity contribution in [1.29, 1.82) is 0 Å². The van der Waals surface area contributed by atoms with Gasteiger partial charge in [0.05, 0.1) is 5.56 Å². The number of carbonyl (C=O) groups is 1. The topological polar surface area (TPSA) is 26.3 Å². The van der Waals surface area contributed by atoms with E-state index in [2.05, 4.69) is 67.8 Å². The molecule has 0 amide bonds. The molecule has 0 spiro atoms. The molecule has 0 bridgehead atoms. The van der Waals surface area contributed by atoms with Crippen LogP contribution in [0.2, 0.25) is 0 Å². The van der Waals surface area contributed by atoms with Gasteiger partial charge in [0.1, 0.15) is 0 Å². The van der Waals surface area contributed by atoms with E-state index in [1.165, 1.54) is 0 Å². The summed E-state index contributed by atoms with van der Waals surface area (Å²) < 4.78 is 5.78. The first-order valence-electron chi connectivity index (χ1n) is 3.42. The van der Waals surface area contributed by atoms with Gasteiger partial charge in [0.15, 0.2) is 0 Å². The Morgan fingerprint density at radius 3 is 2.62 bits per heavy atom. The zero-order chi connectivity index (χ0) is 9.64. The maximum absolute atomic E-state index is 11.4. The molecular weight excluding hydrogens is 509 g/mol. The van der Waals surface area contributed by atoms with E-state index in [-0.39, 0.29) is 5.97 Å². The Balaban J connectivity index is 2.73. The van der Waals surface area contributed by atoms with Crippen molar-refractivity contribution in [2.24, 2.45) is 0 Å². The molecule has 0 fully saturated rings. The number of rotatable bonds is 0. The number of ether oxygens (including phenoxy) is 1. The van der Waals surface area contributed by atoms with Gasteiger partial charge in [0.25, 0.3) is 0 Å². The minimum atomic E-state index is -0.528. The van der Waals surface area contributed by atoms with Gasteiger partial charge in [-0.1, -0.05) is 6.07 Å². The van der Waals surface area contributed by atoms with E-state index in [9.17, 15) is 4.79 Å². The van der Waals surface area contributed by atoms with Crippen LogP contribution in [-0.4, -0.2) is 5.97 Å². The lowest BCUT2D eigenvalue weighted by Gasteiger charge is -2.13. The number of carbonyl (C=O) groups excluding carboxylic acids is 1. The number of cyclic esters (lactones) is 1. The molecule has 68 valence electrons. The fourth-order valence-electron chi connectivity index (χ4n) is 1.21. The van der Waals surface area contributed by atoms with Crippen LogP contribution in [0.1, 0.15) is 15.9 Å². The van der Waals surface area contributed by atoms with Crippen LogP contribution in [0.5, 0.6) is 0 Å². The molecule has 1 aromatic carbocycles. The van der Waals surface area contributed by atoms with Crippen molar-refractivity contribution in [2.75, 3.05) is 0 Å². The van der Waals surface area contributed by atoms with Gasteiger partial charge in [0, 0.05) is 9.13 Å². The van der Waals surface area contributed by atoms with Crippen LogP contribution >= 0.6 is 67.8 Å². The normalized spacial score (nSPS) is 18.2. The second kappa shape index (κ2) is 3.47. The average molecular weight is 512 g/mol. The van der Waals surface area contributed by atoms with Gasteiger partial charge in [-0.25, -0.2) is 4.79 Å². The highest BCUT2D eigenvalue weighted by molar-refractivity contribution is 14.2. The summed E-state index contributed by atoms with van der Waals surface area (Å²) in [5.74, 6) is -0.225. The van der Waals surface area contributed by atoms with Crippen LogP contribution in [0.3, 0.4) is 0 Å². The molecule has 1 aliphatic rings. The molecule has 0 N–H and O–H groups in total. The third-order valence-electron chi connectivity index (χ3n) is 1.75. The first-order valence-corrected chi connectivity index (χ1v) is 6.66. The standard InChI is InChI=1S/C8H3I3O2/c9-5-3-1-2-4-6(5)8(10,11)13-7(4)12/h1-3H. The number of hydrogen-bond acceptors (Lipinski definition) is 2. The third kappa shape index (κ3) is 1.71. The summed E-state index contributed by atoms with van der Waals surface area (Å²) in [6.07, 6.45) is 0. The average Bonchev–Trinajstić information content (AvgIpc) is 2.24. The minimum Gasteiger partial charge on any atom is -0.431 e. The quantitative estimate of drug-likeness (QED) is 0.303. The first kappa shape index (κ1) is 10.4. The molecule has 1 aliphatic heterocycles. The molecule has 0 saturated carbocycles. The van der Waals surface area contributed by atoms with Gasteiger partial charge >= 0.3 is 5.97 Å². The second-order valence-corrected chi connectivity index (χ2v) is 8.83. The summed E-state index contributed by atoms with van der Waals surface area (Å²) in [5.41, 5.74) is 1.68. The zero-order valence-electron chi connectivity index (χ0n) is 6.18. The molecule has 0 aromatic heterocycles. The summed E-state index contributed by atoms with van der Waals surface area (Å²) in [6.45, 7) is 0. The predicted molar refractivity (Wildman–Crippen MR) is 74.3 cm³/mol. The van der Waals surface area contributed by atoms with E-state index < -0.39 is 1.61 Å². The lowest BCUT2D eigenvalue weighted by Crippen LogP contribution is -2.08. The van der Waals surface area contributed by atoms with Crippen molar-refractivity contribution in [2.45, 2.75) is 1.61 Å². The van der Waals surface area contributed by atoms with Crippen molar-refractivity contribution < 1.29 is 9.53 Å². The molecule has 5 heteroatoms. The van der Waals surface area contributed by atoms with E-state index in [0.717, 1.165) is 9.13 Å². The van der Waals surface area contributed by atoms with Crippen LogP contribution in [0, 0.1) is 3.57 Å². The van der Waals surface area contributed by atoms with Gasteiger partial charge in [-0.3, -0.25) is 0 Å². The molecule has 0 unspecified atom stereocenters. The summed E-state index contributed by atoms with van der Waals surface area (Å²) in [4.78, 5) is 11.4. The number of alkyl halides is 2. The number of esters is 1. The van der Waals surface area contributed by atoms with Gasteiger partial charge in [0.2, 0.25) is 1.61 Å². The molecule has 2 rings (SSSR count). The summed E-state index contributed by atoms with van der Waals surface area (Å²) in [7, 11) is 0. The molecule has 1 aromatic rings. The highest BCUT2D eigenvalue weighted by Crippen LogP contribution is 2.49. The molecule has 0 radical (unpaired) electrons. The summed E-state index contributed by atoms with van der Waals surface area (Å²) in [5, 5.41) is 0. The summed E-state index contributed by atoms with van der Waals surface area (Å²) >= 11 is 6.49. The number of halogens is 3. The molecule has 0 saturated heterocycles. The van der Waals surface area contributed by atoms with E-state index in [1.807, 2.05) is 12.1 Å². The molecule has 13 heavy (non-hydrogen) atoms. The lowest BCUT2D eigenvalue weighted by molar-refractivity contribution is 0.0519. The van der Waals surface area contributed by atoms with Crippen molar-refractivity contribution in [1.82, 2.24) is 0 Å². The number of fused-ring (bicyclic) bond motifs is 1. The van der Waals surface area contributed by atoms with Crippen molar-refractivity contribution >= 4 is 73.7 Å². The molecule has 2 nitrogen and oxygen atoms in total. The molecule has 1 heterocycles. The lowest BCUT2D eigenvalue weighted by atomic mass is 10.1. The Morgan fingerprint density at radius 1 is 1.31 bits per heavy atom. The van der Waals surface area contributed by atoms with Crippen LogP contribution in [0.25, 0.3) is 0 Å². The third-order valence-corrected chi connectivity index (χ3v) is 4.16. The fourth-order valence-corrected chi connectivity index (χ4v) is 4.68. The van der Waals surface area contributed by atoms with Crippen molar-refractivity contribution in [3.05, 3.63) is 32.9 Å². The van der Waals surface area contributed by atoms with Gasteiger partial charge in [-0.05, 0) is 79.9 Å². The smallest absolute Gasteiger partial charge is 0.340 e. The SMILES string of the molecule is O=C1OC(I)(I)c2c(I)cccc21. The van der Waals surface area contributed by atoms with Crippen LogP contribution in [-0.2, 0) is 6.35 Å². The molecule has 0 atom stereocenters. The maximum Gasteiger partial charge on any atom is 0.340 e. The number of hydrogen-bond donors (Lipinski definition) is 0. The Labute approximate surface area is 116 Å². The van der Waals surface area contributed by atoms with Crippen LogP contribution < -0.4 is 0 Å². The monoisotopic (exact) mass is 512 g/mol.